The molecule has 5 nitrogen and oxygen atoms in total. The monoisotopic (exact) mass is 224 g/mol. The average Bonchev–Trinajstić information content (AvgIpc) is 2.25. The second kappa shape index (κ2) is 5.46. The number of hydrogen-bond donors (Lipinski definition) is 1. The van der Waals surface area contributed by atoms with Crippen LogP contribution < -0.4 is 10.5 Å². The first-order valence-electron chi connectivity index (χ1n) is 5.11. The molecule has 16 heavy (non-hydrogen) atoms. The highest BCUT2D eigenvalue weighted by molar-refractivity contribution is 5.45. The highest BCUT2D eigenvalue weighted by atomic mass is 16.6. The molecule has 0 radical (unpaired) electrons. The molecule has 0 spiro atoms. The smallest absolute Gasteiger partial charge is 0.272 e. The molecule has 1 atom stereocenters. The van der Waals surface area contributed by atoms with Gasteiger partial charge in [0, 0.05) is 17.7 Å². The largest absolute Gasteiger partial charge is 0.497 e. The second-order valence-corrected chi connectivity index (χ2v) is 3.77. The molecule has 0 saturated heterocycles. The fraction of sp³-hybridized carbons (Fsp3) is 0.455. The van der Waals surface area contributed by atoms with E-state index in [2.05, 4.69) is 0 Å². The average molecular weight is 224 g/mol. The zero-order valence-electron chi connectivity index (χ0n) is 9.47. The van der Waals surface area contributed by atoms with Gasteiger partial charge in [-0.3, -0.25) is 10.1 Å². The van der Waals surface area contributed by atoms with E-state index < -0.39 is 0 Å². The van der Waals surface area contributed by atoms with Gasteiger partial charge in [-0.2, -0.15) is 0 Å². The van der Waals surface area contributed by atoms with Crippen LogP contribution in [0.1, 0.15) is 18.9 Å². The first-order valence-corrected chi connectivity index (χ1v) is 5.11. The number of benzene rings is 1. The molecule has 0 heterocycles. The van der Waals surface area contributed by atoms with E-state index in [1.54, 1.807) is 12.1 Å². The van der Waals surface area contributed by atoms with Crippen molar-refractivity contribution >= 4 is 5.69 Å². The molecule has 1 aromatic carbocycles. The van der Waals surface area contributed by atoms with Crippen LogP contribution in [0.2, 0.25) is 0 Å². The lowest BCUT2D eigenvalue weighted by molar-refractivity contribution is -0.385. The number of nitro groups is 1. The van der Waals surface area contributed by atoms with Crippen molar-refractivity contribution in [3.63, 3.8) is 0 Å². The molecule has 0 aliphatic heterocycles. The molecule has 0 aliphatic rings. The normalized spacial score (nSPS) is 12.2. The summed E-state index contributed by atoms with van der Waals surface area (Å²) in [5.41, 5.74) is 6.43. The van der Waals surface area contributed by atoms with Crippen LogP contribution in [-0.2, 0) is 6.42 Å². The zero-order valence-corrected chi connectivity index (χ0v) is 9.47. The van der Waals surface area contributed by atoms with Crippen LogP contribution in [0.15, 0.2) is 18.2 Å². The third kappa shape index (κ3) is 3.20. The molecule has 88 valence electrons. The Morgan fingerprint density at radius 3 is 2.75 bits per heavy atom. The summed E-state index contributed by atoms with van der Waals surface area (Å²) >= 11 is 0. The summed E-state index contributed by atoms with van der Waals surface area (Å²) in [6, 6.07) is 4.79. The highest BCUT2D eigenvalue weighted by Crippen LogP contribution is 2.25. The van der Waals surface area contributed by atoms with Gasteiger partial charge in [0.25, 0.3) is 5.69 Å². The Labute approximate surface area is 94.4 Å². The third-order valence-corrected chi connectivity index (χ3v) is 2.35. The van der Waals surface area contributed by atoms with Crippen LogP contribution in [0.25, 0.3) is 0 Å². The first-order chi connectivity index (χ1) is 7.54. The summed E-state index contributed by atoms with van der Waals surface area (Å²) in [5, 5.41) is 10.8. The molecule has 1 rings (SSSR count). The number of nitrogens with two attached hydrogens (primary N) is 1. The van der Waals surface area contributed by atoms with Gasteiger partial charge < -0.3 is 10.5 Å². The Hall–Kier alpha value is -1.62. The maximum Gasteiger partial charge on any atom is 0.272 e. The van der Waals surface area contributed by atoms with Crippen LogP contribution in [0, 0.1) is 10.1 Å². The van der Waals surface area contributed by atoms with Gasteiger partial charge in [-0.1, -0.05) is 0 Å². The SMILES string of the molecule is COc1ccc([N+](=O)[O-])c(CC[C@@H](C)N)c1. The molecule has 0 saturated carbocycles. The minimum absolute atomic E-state index is 0.0332. The van der Waals surface area contributed by atoms with Crippen LogP contribution >= 0.6 is 0 Å². The number of methoxy groups -OCH3 is 1. The van der Waals surface area contributed by atoms with Gasteiger partial charge >= 0.3 is 0 Å². The summed E-state index contributed by atoms with van der Waals surface area (Å²) in [6.07, 6.45) is 1.30. The Bertz CT molecular complexity index is 377. The lowest BCUT2D eigenvalue weighted by Crippen LogP contribution is -2.15. The number of nitro benzene ring substituents is 1. The topological polar surface area (TPSA) is 78.4 Å². The van der Waals surface area contributed by atoms with E-state index >= 15 is 0 Å². The van der Waals surface area contributed by atoms with Gasteiger partial charge in [-0.05, 0) is 31.9 Å². The fourth-order valence-electron chi connectivity index (χ4n) is 1.45. The number of ether oxygens (including phenoxy) is 1. The molecule has 1 aromatic rings. The fourth-order valence-corrected chi connectivity index (χ4v) is 1.45. The molecular formula is C11H16N2O3. The van der Waals surface area contributed by atoms with Gasteiger partial charge in [-0.25, -0.2) is 0 Å². The summed E-state index contributed by atoms with van der Waals surface area (Å²) < 4.78 is 5.04. The molecule has 0 amide bonds. The lowest BCUT2D eigenvalue weighted by atomic mass is 10.0. The molecule has 0 unspecified atom stereocenters. The Kier molecular flexibility index (Phi) is 4.25. The minimum atomic E-state index is -0.379. The van der Waals surface area contributed by atoms with Gasteiger partial charge in [0.1, 0.15) is 5.75 Å². The zero-order chi connectivity index (χ0) is 12.1. The van der Waals surface area contributed by atoms with E-state index in [9.17, 15) is 10.1 Å². The van der Waals surface area contributed by atoms with E-state index in [4.69, 9.17) is 10.5 Å². The number of rotatable bonds is 5. The van der Waals surface area contributed by atoms with Gasteiger partial charge in [0.15, 0.2) is 0 Å². The second-order valence-electron chi connectivity index (χ2n) is 3.77. The predicted molar refractivity (Wildman–Crippen MR) is 61.6 cm³/mol. The van der Waals surface area contributed by atoms with Crippen molar-refractivity contribution in [2.24, 2.45) is 5.73 Å². The number of hydrogen-bond acceptors (Lipinski definition) is 4. The molecule has 0 aliphatic carbocycles. The summed E-state index contributed by atoms with van der Waals surface area (Å²) in [6.45, 7) is 1.88. The van der Waals surface area contributed by atoms with Crippen LogP contribution in [0.4, 0.5) is 5.69 Å². The highest BCUT2D eigenvalue weighted by Gasteiger charge is 2.14. The van der Waals surface area contributed by atoms with E-state index in [0.717, 1.165) is 0 Å². The van der Waals surface area contributed by atoms with Crippen LogP contribution in [0.5, 0.6) is 5.75 Å². The van der Waals surface area contributed by atoms with Gasteiger partial charge in [0.05, 0.1) is 12.0 Å². The Balaban J connectivity index is 2.96. The maximum atomic E-state index is 10.8. The summed E-state index contributed by atoms with van der Waals surface area (Å²) in [5.74, 6) is 0.630. The van der Waals surface area contributed by atoms with Gasteiger partial charge in [-0.15, -0.1) is 0 Å². The minimum Gasteiger partial charge on any atom is -0.497 e. The molecule has 0 fully saturated rings. The van der Waals surface area contributed by atoms with E-state index in [1.165, 1.54) is 13.2 Å². The number of nitrogens with zero attached hydrogens (tertiary/aromatic N) is 1. The predicted octanol–water partition coefficient (Wildman–Crippen LogP) is 1.88. The van der Waals surface area contributed by atoms with Crippen LogP contribution in [0.3, 0.4) is 0 Å². The van der Waals surface area contributed by atoms with E-state index in [-0.39, 0.29) is 16.7 Å². The van der Waals surface area contributed by atoms with Gasteiger partial charge in [0.2, 0.25) is 0 Å². The van der Waals surface area contributed by atoms with Crippen molar-refractivity contribution in [2.45, 2.75) is 25.8 Å². The maximum absolute atomic E-state index is 10.8. The van der Waals surface area contributed by atoms with Crippen LogP contribution in [-0.4, -0.2) is 18.1 Å². The van der Waals surface area contributed by atoms with Crippen molar-refractivity contribution in [2.75, 3.05) is 7.11 Å². The van der Waals surface area contributed by atoms with Crippen molar-refractivity contribution in [1.82, 2.24) is 0 Å². The molecule has 5 heteroatoms. The molecule has 0 aromatic heterocycles. The number of aryl methyl sites for hydroxylation is 1. The third-order valence-electron chi connectivity index (χ3n) is 2.35. The molecule has 2 N–H and O–H groups in total. The first kappa shape index (κ1) is 12.4. The summed E-state index contributed by atoms with van der Waals surface area (Å²) in [7, 11) is 1.54. The van der Waals surface area contributed by atoms with E-state index in [1.807, 2.05) is 6.92 Å². The quantitative estimate of drug-likeness (QED) is 0.611. The Morgan fingerprint density at radius 1 is 1.56 bits per heavy atom. The standard InChI is InChI=1S/C11H16N2O3/c1-8(12)3-4-9-7-10(16-2)5-6-11(9)13(14)15/h5-8H,3-4,12H2,1-2H3/t8-/m1/s1. The molecule has 0 bridgehead atoms. The van der Waals surface area contributed by atoms with Crippen molar-refractivity contribution < 1.29 is 9.66 Å². The Morgan fingerprint density at radius 2 is 2.25 bits per heavy atom. The van der Waals surface area contributed by atoms with E-state index in [0.29, 0.717) is 24.2 Å². The summed E-state index contributed by atoms with van der Waals surface area (Å²) in [4.78, 5) is 10.4. The lowest BCUT2D eigenvalue weighted by Gasteiger charge is -2.07. The van der Waals surface area contributed by atoms with Crippen molar-refractivity contribution in [3.8, 4) is 5.75 Å². The van der Waals surface area contributed by atoms with Crippen molar-refractivity contribution in [3.05, 3.63) is 33.9 Å². The van der Waals surface area contributed by atoms with Crippen molar-refractivity contribution in [1.29, 1.82) is 0 Å². The molecular weight excluding hydrogens is 208 g/mol.